The van der Waals surface area contributed by atoms with Crippen molar-refractivity contribution in [1.29, 1.82) is 0 Å². The lowest BCUT2D eigenvalue weighted by Gasteiger charge is -2.32. The first-order chi connectivity index (χ1) is 12.6. The lowest BCUT2D eigenvalue weighted by atomic mass is 10.1. The fourth-order valence-corrected chi connectivity index (χ4v) is 3.49. The number of hydrogen-bond acceptors (Lipinski definition) is 7. The van der Waals surface area contributed by atoms with Gasteiger partial charge in [-0.15, -0.1) is 0 Å². The molecule has 10 heteroatoms. The maximum absolute atomic E-state index is 12.0. The van der Waals surface area contributed by atoms with Crippen LogP contribution in [0.15, 0.2) is 10.7 Å². The molecule has 0 bridgehead atoms. The Kier molecular flexibility index (Phi) is 7.49. The fraction of sp³-hybridized carbons (Fsp3) is 0.765. The van der Waals surface area contributed by atoms with Crippen LogP contribution in [-0.2, 0) is 4.79 Å². The Bertz CT molecular complexity index is 635. The van der Waals surface area contributed by atoms with E-state index in [1.54, 1.807) is 11.0 Å². The molecule has 1 saturated heterocycles. The number of nitrogens with zero attached hydrogens (tertiary/aromatic N) is 4. The molecule has 1 aliphatic heterocycles. The summed E-state index contributed by atoms with van der Waals surface area (Å²) in [5.41, 5.74) is -0.277. The second kappa shape index (κ2) is 9.41. The largest absolute Gasteiger partial charge is 0.342 e. The molecule has 2 heterocycles. The van der Waals surface area contributed by atoms with Crippen molar-refractivity contribution in [2.24, 2.45) is 0 Å². The van der Waals surface area contributed by atoms with Crippen LogP contribution in [0.4, 0.5) is 10.7 Å². The predicted molar refractivity (Wildman–Crippen MR) is 105 cm³/mol. The molecule has 1 aromatic heterocycles. The first-order valence-corrected chi connectivity index (χ1v) is 10.3. The van der Waals surface area contributed by atoms with Crippen LogP contribution >= 0.6 is 11.8 Å². The Balaban J connectivity index is 1.72. The van der Waals surface area contributed by atoms with Gasteiger partial charge in [-0.05, 0) is 34.6 Å². The zero-order chi connectivity index (χ0) is 20.0. The second-order valence-electron chi connectivity index (χ2n) is 7.88. The van der Waals surface area contributed by atoms with E-state index in [1.807, 2.05) is 20.8 Å². The highest BCUT2D eigenvalue weighted by molar-refractivity contribution is 8.13. The van der Waals surface area contributed by atoms with Gasteiger partial charge in [0.15, 0.2) is 0 Å². The van der Waals surface area contributed by atoms with Crippen molar-refractivity contribution >= 4 is 28.8 Å². The smallest absolute Gasteiger partial charge is 0.305 e. The quantitative estimate of drug-likeness (QED) is 0.694. The predicted octanol–water partition coefficient (Wildman–Crippen LogP) is 1.19. The van der Waals surface area contributed by atoms with E-state index in [0.29, 0.717) is 17.7 Å². The van der Waals surface area contributed by atoms with Crippen molar-refractivity contribution in [1.82, 2.24) is 15.5 Å². The number of anilines is 1. The van der Waals surface area contributed by atoms with E-state index in [9.17, 15) is 9.59 Å². The Morgan fingerprint density at radius 1 is 1.30 bits per heavy atom. The number of thioether (sulfide) groups is 1. The molecule has 0 unspecified atom stereocenters. The van der Waals surface area contributed by atoms with Crippen molar-refractivity contribution in [3.63, 3.8) is 0 Å². The summed E-state index contributed by atoms with van der Waals surface area (Å²) in [5, 5.41) is 11.4. The molecule has 1 aliphatic rings. The van der Waals surface area contributed by atoms with Crippen molar-refractivity contribution in [2.75, 3.05) is 42.3 Å². The van der Waals surface area contributed by atoms with Gasteiger partial charge < -0.3 is 5.32 Å². The minimum absolute atomic E-state index is 0.131. The highest BCUT2D eigenvalue weighted by Gasteiger charge is 2.27. The molecule has 2 rings (SSSR count). The van der Waals surface area contributed by atoms with Crippen LogP contribution in [0.5, 0.6) is 0 Å². The average molecular weight is 400 g/mol. The third-order valence-corrected chi connectivity index (χ3v) is 4.84. The molecule has 9 nitrogen and oxygen atoms in total. The SMILES string of the molecule is CC(C)N1CCN([n+]2cc(NC(=O)CCSC(=O)NC(C)(C)C)on2)CC1. The number of rotatable bonds is 6. The lowest BCUT2D eigenvalue weighted by Crippen LogP contribution is -2.65. The van der Waals surface area contributed by atoms with Gasteiger partial charge in [-0.1, -0.05) is 11.8 Å². The van der Waals surface area contributed by atoms with Gasteiger partial charge in [0.1, 0.15) is 0 Å². The van der Waals surface area contributed by atoms with Crippen LogP contribution < -0.4 is 20.4 Å². The van der Waals surface area contributed by atoms with Gasteiger partial charge in [0.05, 0.1) is 17.9 Å². The zero-order valence-corrected chi connectivity index (χ0v) is 17.6. The van der Waals surface area contributed by atoms with E-state index in [0.717, 1.165) is 37.9 Å². The van der Waals surface area contributed by atoms with Gasteiger partial charge in [-0.25, -0.2) is 0 Å². The van der Waals surface area contributed by atoms with E-state index in [1.165, 1.54) is 0 Å². The highest BCUT2D eigenvalue weighted by Crippen LogP contribution is 2.10. The number of hydrogen-bond donors (Lipinski definition) is 2. The molecule has 0 radical (unpaired) electrons. The summed E-state index contributed by atoms with van der Waals surface area (Å²) in [4.78, 5) is 27.8. The van der Waals surface area contributed by atoms with Crippen molar-refractivity contribution < 1.29 is 18.9 Å². The van der Waals surface area contributed by atoms with E-state index >= 15 is 0 Å². The van der Waals surface area contributed by atoms with E-state index in [4.69, 9.17) is 4.52 Å². The van der Waals surface area contributed by atoms with Gasteiger partial charge in [-0.3, -0.25) is 24.3 Å². The minimum Gasteiger partial charge on any atom is -0.342 e. The summed E-state index contributed by atoms with van der Waals surface area (Å²) in [6.45, 7) is 13.8. The molecule has 2 amide bonds. The van der Waals surface area contributed by atoms with E-state index in [-0.39, 0.29) is 23.1 Å². The Morgan fingerprint density at radius 3 is 2.56 bits per heavy atom. The van der Waals surface area contributed by atoms with Crippen LogP contribution in [0, 0.1) is 0 Å². The van der Waals surface area contributed by atoms with Crippen LogP contribution in [0.1, 0.15) is 41.0 Å². The molecular formula is C17H31N6O3S+. The topological polar surface area (TPSA) is 94.6 Å². The molecule has 0 atom stereocenters. The number of piperazine rings is 1. The molecule has 0 spiro atoms. The van der Waals surface area contributed by atoms with E-state index < -0.39 is 0 Å². The van der Waals surface area contributed by atoms with Crippen molar-refractivity contribution in [2.45, 2.75) is 52.6 Å². The molecule has 2 N–H and O–H groups in total. The lowest BCUT2D eigenvalue weighted by molar-refractivity contribution is -0.759. The Labute approximate surface area is 164 Å². The summed E-state index contributed by atoms with van der Waals surface area (Å²) in [6, 6.07) is 0.535. The molecule has 1 aromatic rings. The molecule has 0 aromatic carbocycles. The van der Waals surface area contributed by atoms with Gasteiger partial charge in [-0.2, -0.15) is 5.01 Å². The van der Waals surface area contributed by atoms with Gasteiger partial charge in [0, 0.05) is 36.8 Å². The number of amides is 2. The summed E-state index contributed by atoms with van der Waals surface area (Å²) in [5.74, 6) is 0.494. The van der Waals surface area contributed by atoms with E-state index in [2.05, 4.69) is 39.7 Å². The zero-order valence-electron chi connectivity index (χ0n) is 16.8. The fourth-order valence-electron chi connectivity index (χ4n) is 2.64. The molecule has 152 valence electrons. The van der Waals surface area contributed by atoms with Crippen LogP contribution in [0.2, 0.25) is 0 Å². The number of carbonyl (C=O) groups excluding carboxylic acids is 2. The Hall–Kier alpha value is -1.81. The van der Waals surface area contributed by atoms with Gasteiger partial charge in [0.25, 0.3) is 11.4 Å². The van der Waals surface area contributed by atoms with Gasteiger partial charge in [0.2, 0.25) is 11.2 Å². The maximum Gasteiger partial charge on any atom is 0.305 e. The number of aromatic nitrogens is 2. The average Bonchev–Trinajstić information content (AvgIpc) is 3.01. The molecule has 0 aliphatic carbocycles. The molecule has 27 heavy (non-hydrogen) atoms. The van der Waals surface area contributed by atoms with Crippen LogP contribution in [0.25, 0.3) is 0 Å². The third kappa shape index (κ3) is 7.37. The second-order valence-corrected chi connectivity index (χ2v) is 8.95. The van der Waals surface area contributed by atoms with Crippen molar-refractivity contribution in [3.05, 3.63) is 6.20 Å². The first kappa shape index (κ1) is 21.5. The normalized spacial score (nSPS) is 15.9. The highest BCUT2D eigenvalue weighted by atomic mass is 32.2. The Morgan fingerprint density at radius 2 is 1.96 bits per heavy atom. The molecule has 1 fully saturated rings. The van der Waals surface area contributed by atoms with Crippen LogP contribution in [0.3, 0.4) is 0 Å². The van der Waals surface area contributed by atoms with Gasteiger partial charge >= 0.3 is 5.88 Å². The van der Waals surface area contributed by atoms with Crippen molar-refractivity contribution in [3.8, 4) is 0 Å². The summed E-state index contributed by atoms with van der Waals surface area (Å²) in [6.07, 6.45) is 1.89. The van der Waals surface area contributed by atoms with Crippen LogP contribution in [-0.4, -0.2) is 64.8 Å². The minimum atomic E-state index is -0.277. The number of carbonyl (C=O) groups is 2. The third-order valence-electron chi connectivity index (χ3n) is 4.07. The standard InChI is InChI=1S/C17H30N6O3S/c1-13(2)21-7-9-22(10-8-21)23-12-15(26-20-23)18-14(24)6-11-27-16(25)19-17(3,4)5/h12-13H,6-11H2,1-5H3,(H-,18,19,20,24,25)/p+1. The number of nitrogens with one attached hydrogen (secondary N) is 2. The first-order valence-electron chi connectivity index (χ1n) is 9.27. The maximum atomic E-state index is 12.0. The molecular weight excluding hydrogens is 368 g/mol. The summed E-state index contributed by atoms with van der Waals surface area (Å²) < 4.78 is 5.20. The monoisotopic (exact) mass is 399 g/mol. The summed E-state index contributed by atoms with van der Waals surface area (Å²) >= 11 is 1.10. The summed E-state index contributed by atoms with van der Waals surface area (Å²) in [7, 11) is 0. The molecule has 0 saturated carbocycles.